The van der Waals surface area contributed by atoms with Crippen molar-refractivity contribution in [1.29, 1.82) is 0 Å². The van der Waals surface area contributed by atoms with Gasteiger partial charge in [0.05, 0.1) is 6.26 Å². The van der Waals surface area contributed by atoms with Crippen molar-refractivity contribution in [2.45, 2.75) is 46.5 Å². The molecule has 0 atom stereocenters. The summed E-state index contributed by atoms with van der Waals surface area (Å²) in [7, 11) is -3.12. The van der Waals surface area contributed by atoms with Crippen LogP contribution in [0.5, 0.6) is 0 Å². The average Bonchev–Trinajstić information content (AvgIpc) is 3.17. The van der Waals surface area contributed by atoms with Gasteiger partial charge in [-0.25, -0.2) is 17.7 Å². The number of hydrogen-bond acceptors (Lipinski definition) is 7. The highest BCUT2D eigenvalue weighted by atomic mass is 32.2. The number of sulfonamides is 1. The van der Waals surface area contributed by atoms with Crippen molar-refractivity contribution in [2.75, 3.05) is 30.0 Å². The van der Waals surface area contributed by atoms with Crippen molar-refractivity contribution < 1.29 is 8.42 Å². The van der Waals surface area contributed by atoms with Crippen LogP contribution in [0.4, 0.5) is 23.3 Å². The molecule has 1 saturated heterocycles. The zero-order chi connectivity index (χ0) is 23.8. The Morgan fingerprint density at radius 3 is 2.36 bits per heavy atom. The van der Waals surface area contributed by atoms with Gasteiger partial charge in [0.25, 0.3) is 0 Å². The standard InChI is InChI=1S/C23H31N7O2S/c1-14-11-20(15(2)10-19(14)18-6-8-30(9-7-18)33(5,31)32)25-23-24-13-16(3)22(27-23)26-21-12-17(4)28-29-21/h10-13,18H,6-9H2,1-5H3,(H3,24,25,26,27,28,29). The van der Waals surface area contributed by atoms with Gasteiger partial charge in [-0.05, 0) is 69.2 Å². The highest BCUT2D eigenvalue weighted by Gasteiger charge is 2.27. The third-order valence-electron chi connectivity index (χ3n) is 6.15. The van der Waals surface area contributed by atoms with Gasteiger partial charge in [0, 0.05) is 42.3 Å². The number of aromatic amines is 1. The van der Waals surface area contributed by atoms with Crippen molar-refractivity contribution >= 4 is 33.3 Å². The van der Waals surface area contributed by atoms with Crippen LogP contribution in [0.3, 0.4) is 0 Å². The Bertz CT molecular complexity index is 1260. The molecule has 0 aliphatic carbocycles. The van der Waals surface area contributed by atoms with Crippen LogP contribution in [-0.4, -0.2) is 52.2 Å². The SMILES string of the molecule is Cc1cc(Nc2nc(Nc3cc(C)c(C4CCN(S(C)(=O)=O)CC4)cc3C)ncc2C)n[nH]1. The fourth-order valence-corrected chi connectivity index (χ4v) is 5.14. The topological polar surface area (TPSA) is 116 Å². The molecular formula is C23H31N7O2S. The second-order valence-electron chi connectivity index (χ2n) is 8.87. The molecule has 176 valence electrons. The van der Waals surface area contributed by atoms with Crippen molar-refractivity contribution in [3.63, 3.8) is 0 Å². The Morgan fingerprint density at radius 1 is 1.00 bits per heavy atom. The van der Waals surface area contributed by atoms with E-state index in [4.69, 9.17) is 0 Å². The Hall–Kier alpha value is -2.98. The first-order valence-corrected chi connectivity index (χ1v) is 12.9. The third-order valence-corrected chi connectivity index (χ3v) is 7.45. The summed E-state index contributed by atoms with van der Waals surface area (Å²) in [5.74, 6) is 2.27. The summed E-state index contributed by atoms with van der Waals surface area (Å²) in [5, 5.41) is 13.7. The summed E-state index contributed by atoms with van der Waals surface area (Å²) < 4.78 is 25.2. The van der Waals surface area contributed by atoms with Gasteiger partial charge in [0.1, 0.15) is 5.82 Å². The number of rotatable bonds is 6. The van der Waals surface area contributed by atoms with Gasteiger partial charge in [-0.1, -0.05) is 6.07 Å². The lowest BCUT2D eigenvalue weighted by atomic mass is 9.86. The molecule has 2 aromatic heterocycles. The number of aromatic nitrogens is 4. The normalized spacial score (nSPS) is 15.5. The van der Waals surface area contributed by atoms with Crippen molar-refractivity contribution in [3.05, 3.63) is 52.3 Å². The number of aryl methyl sites for hydroxylation is 4. The molecule has 1 fully saturated rings. The molecule has 1 aliphatic heterocycles. The van der Waals surface area contributed by atoms with Gasteiger partial charge in [0.15, 0.2) is 5.82 Å². The molecule has 0 unspecified atom stereocenters. The zero-order valence-electron chi connectivity index (χ0n) is 19.7. The third kappa shape index (κ3) is 5.33. The minimum absolute atomic E-state index is 0.361. The van der Waals surface area contributed by atoms with E-state index < -0.39 is 10.0 Å². The van der Waals surface area contributed by atoms with E-state index in [9.17, 15) is 8.42 Å². The van der Waals surface area contributed by atoms with Crippen LogP contribution in [0.1, 0.15) is 46.7 Å². The fourth-order valence-electron chi connectivity index (χ4n) is 4.26. The molecular weight excluding hydrogens is 438 g/mol. The number of nitrogens with zero attached hydrogens (tertiary/aromatic N) is 4. The Balaban J connectivity index is 1.50. The maximum absolute atomic E-state index is 11.8. The van der Waals surface area contributed by atoms with Crippen LogP contribution in [0, 0.1) is 27.7 Å². The average molecular weight is 470 g/mol. The lowest BCUT2D eigenvalue weighted by Gasteiger charge is -2.31. The van der Waals surface area contributed by atoms with E-state index in [1.165, 1.54) is 17.4 Å². The van der Waals surface area contributed by atoms with E-state index in [2.05, 4.69) is 56.8 Å². The smallest absolute Gasteiger partial charge is 0.229 e. The summed E-state index contributed by atoms with van der Waals surface area (Å²) in [6.45, 7) is 9.21. The number of H-pyrrole nitrogens is 1. The molecule has 3 N–H and O–H groups in total. The first-order chi connectivity index (χ1) is 15.6. The molecule has 1 aliphatic rings. The maximum atomic E-state index is 11.8. The van der Waals surface area contributed by atoms with Gasteiger partial charge < -0.3 is 10.6 Å². The number of hydrogen-bond donors (Lipinski definition) is 3. The number of anilines is 4. The molecule has 4 rings (SSSR count). The first-order valence-electron chi connectivity index (χ1n) is 11.1. The summed E-state index contributed by atoms with van der Waals surface area (Å²) in [6, 6.07) is 6.25. The fraction of sp³-hybridized carbons (Fsp3) is 0.435. The van der Waals surface area contributed by atoms with Crippen molar-refractivity contribution in [1.82, 2.24) is 24.5 Å². The molecule has 0 saturated carbocycles. The lowest BCUT2D eigenvalue weighted by Crippen LogP contribution is -2.37. The van der Waals surface area contributed by atoms with Gasteiger partial charge in [-0.15, -0.1) is 0 Å². The van der Waals surface area contributed by atoms with Crippen LogP contribution in [0.25, 0.3) is 0 Å². The van der Waals surface area contributed by atoms with E-state index in [1.807, 2.05) is 19.9 Å². The first kappa shape index (κ1) is 23.2. The molecule has 0 spiro atoms. The second-order valence-corrected chi connectivity index (χ2v) is 10.9. The van der Waals surface area contributed by atoms with E-state index in [1.54, 1.807) is 10.5 Å². The van der Waals surface area contributed by atoms with Crippen molar-refractivity contribution in [3.8, 4) is 0 Å². The van der Waals surface area contributed by atoms with E-state index in [0.717, 1.165) is 35.3 Å². The number of piperidine rings is 1. The number of benzene rings is 1. The molecule has 1 aromatic carbocycles. The van der Waals surface area contributed by atoms with Crippen LogP contribution in [-0.2, 0) is 10.0 Å². The van der Waals surface area contributed by atoms with Gasteiger partial charge >= 0.3 is 0 Å². The Morgan fingerprint density at radius 2 is 1.73 bits per heavy atom. The minimum atomic E-state index is -3.12. The molecule has 9 nitrogen and oxygen atoms in total. The summed E-state index contributed by atoms with van der Waals surface area (Å²) in [6.07, 6.45) is 4.74. The summed E-state index contributed by atoms with van der Waals surface area (Å²) in [4.78, 5) is 9.08. The Kier molecular flexibility index (Phi) is 6.40. The minimum Gasteiger partial charge on any atom is -0.324 e. The van der Waals surface area contributed by atoms with Crippen LogP contribution in [0.15, 0.2) is 24.4 Å². The monoisotopic (exact) mass is 469 g/mol. The molecule has 0 radical (unpaired) electrons. The molecule has 10 heteroatoms. The van der Waals surface area contributed by atoms with Crippen molar-refractivity contribution in [2.24, 2.45) is 0 Å². The predicted octanol–water partition coefficient (Wildman–Crippen LogP) is 4.06. The number of nitrogens with one attached hydrogen (secondary N) is 3. The van der Waals surface area contributed by atoms with Crippen LogP contribution >= 0.6 is 0 Å². The highest BCUT2D eigenvalue weighted by Crippen LogP contribution is 2.34. The summed E-state index contributed by atoms with van der Waals surface area (Å²) in [5.41, 5.74) is 6.41. The van der Waals surface area contributed by atoms with Crippen LogP contribution < -0.4 is 10.6 Å². The lowest BCUT2D eigenvalue weighted by molar-refractivity contribution is 0.321. The molecule has 3 heterocycles. The van der Waals surface area contributed by atoms with Crippen LogP contribution in [0.2, 0.25) is 0 Å². The second kappa shape index (κ2) is 9.11. The van der Waals surface area contributed by atoms with Gasteiger partial charge in [-0.2, -0.15) is 10.1 Å². The zero-order valence-corrected chi connectivity index (χ0v) is 20.5. The largest absolute Gasteiger partial charge is 0.324 e. The maximum Gasteiger partial charge on any atom is 0.229 e. The van der Waals surface area contributed by atoms with Gasteiger partial charge in [0.2, 0.25) is 16.0 Å². The Labute approximate surface area is 195 Å². The molecule has 3 aromatic rings. The van der Waals surface area contributed by atoms with Gasteiger partial charge in [-0.3, -0.25) is 5.10 Å². The molecule has 0 amide bonds. The quantitative estimate of drug-likeness (QED) is 0.498. The van der Waals surface area contributed by atoms with E-state index in [-0.39, 0.29) is 0 Å². The predicted molar refractivity (Wildman–Crippen MR) is 131 cm³/mol. The molecule has 0 bridgehead atoms. The van der Waals surface area contributed by atoms with E-state index >= 15 is 0 Å². The molecule has 33 heavy (non-hydrogen) atoms. The van der Waals surface area contributed by atoms with E-state index in [0.29, 0.717) is 36.6 Å². The highest BCUT2D eigenvalue weighted by molar-refractivity contribution is 7.88. The summed E-state index contributed by atoms with van der Waals surface area (Å²) >= 11 is 0.